The molecule has 1 aromatic carbocycles. The Morgan fingerprint density at radius 2 is 1.64 bits per heavy atom. The van der Waals surface area contributed by atoms with Crippen LogP contribution < -0.4 is 4.74 Å². The minimum atomic E-state index is -4.76. The molecule has 0 atom stereocenters. The molecule has 0 fully saturated rings. The average Bonchev–Trinajstić information content (AvgIpc) is 2.36. The summed E-state index contributed by atoms with van der Waals surface area (Å²) in [5.41, 5.74) is -2.54. The second-order valence-corrected chi connectivity index (χ2v) is 4.04. The standard InChI is InChI=1S/C12H6F6N2O2/c13-11(14,15)6-3-7(21)5-8(4-6)22-10-19-2-1-9(20-10)12(16,17)18/h1-5,21H. The molecule has 22 heavy (non-hydrogen) atoms. The molecule has 4 nitrogen and oxygen atoms in total. The van der Waals surface area contributed by atoms with Crippen molar-refractivity contribution in [3.05, 3.63) is 41.7 Å². The molecule has 0 spiro atoms. The van der Waals surface area contributed by atoms with Crippen LogP contribution in [-0.2, 0) is 12.4 Å². The summed E-state index contributed by atoms with van der Waals surface area (Å²) in [5.74, 6) is -1.32. The zero-order chi connectivity index (χ0) is 16.5. The Kier molecular flexibility index (Phi) is 3.86. The van der Waals surface area contributed by atoms with Gasteiger partial charge in [-0.2, -0.15) is 31.3 Å². The van der Waals surface area contributed by atoms with Crippen molar-refractivity contribution in [1.82, 2.24) is 9.97 Å². The highest BCUT2D eigenvalue weighted by Crippen LogP contribution is 2.35. The number of rotatable bonds is 2. The molecular formula is C12H6F6N2O2. The molecule has 0 bridgehead atoms. The molecule has 2 aromatic rings. The van der Waals surface area contributed by atoms with Crippen molar-refractivity contribution in [2.24, 2.45) is 0 Å². The van der Waals surface area contributed by atoms with Gasteiger partial charge in [0.15, 0.2) is 5.69 Å². The van der Waals surface area contributed by atoms with E-state index in [4.69, 9.17) is 4.74 Å². The maximum Gasteiger partial charge on any atom is 0.433 e. The summed E-state index contributed by atoms with van der Waals surface area (Å²) in [5, 5.41) is 9.22. The lowest BCUT2D eigenvalue weighted by molar-refractivity contribution is -0.141. The van der Waals surface area contributed by atoms with Crippen LogP contribution in [0.3, 0.4) is 0 Å². The molecule has 0 aliphatic carbocycles. The summed E-state index contributed by atoms with van der Waals surface area (Å²) in [6.45, 7) is 0. The van der Waals surface area contributed by atoms with Crippen LogP contribution in [0.1, 0.15) is 11.3 Å². The van der Waals surface area contributed by atoms with Crippen LogP contribution in [0.15, 0.2) is 30.5 Å². The lowest BCUT2D eigenvalue weighted by atomic mass is 10.2. The summed E-state index contributed by atoms with van der Waals surface area (Å²) < 4.78 is 79.8. The summed E-state index contributed by atoms with van der Waals surface area (Å²) in [6.07, 6.45) is -8.76. The first kappa shape index (κ1) is 15.9. The fraction of sp³-hybridized carbons (Fsp3) is 0.167. The number of phenols is 1. The van der Waals surface area contributed by atoms with Gasteiger partial charge in [0, 0.05) is 12.3 Å². The Morgan fingerprint density at radius 1 is 0.955 bits per heavy atom. The van der Waals surface area contributed by atoms with Gasteiger partial charge in [-0.25, -0.2) is 4.98 Å². The number of hydrogen-bond donors (Lipinski definition) is 1. The summed E-state index contributed by atoms with van der Waals surface area (Å²) >= 11 is 0. The first-order chi connectivity index (χ1) is 10.1. The van der Waals surface area contributed by atoms with Crippen molar-refractivity contribution >= 4 is 0 Å². The van der Waals surface area contributed by atoms with Crippen molar-refractivity contribution in [3.63, 3.8) is 0 Å². The van der Waals surface area contributed by atoms with Gasteiger partial charge in [0.1, 0.15) is 11.5 Å². The van der Waals surface area contributed by atoms with Gasteiger partial charge >= 0.3 is 18.4 Å². The van der Waals surface area contributed by atoms with E-state index < -0.39 is 41.1 Å². The first-order valence-corrected chi connectivity index (χ1v) is 5.55. The van der Waals surface area contributed by atoms with Crippen molar-refractivity contribution in [1.29, 1.82) is 0 Å². The van der Waals surface area contributed by atoms with E-state index in [2.05, 4.69) is 9.97 Å². The van der Waals surface area contributed by atoms with E-state index in [1.165, 1.54) is 0 Å². The monoisotopic (exact) mass is 324 g/mol. The largest absolute Gasteiger partial charge is 0.508 e. The number of aromatic nitrogens is 2. The molecule has 118 valence electrons. The zero-order valence-corrected chi connectivity index (χ0v) is 10.4. The smallest absolute Gasteiger partial charge is 0.433 e. The van der Waals surface area contributed by atoms with Gasteiger partial charge in [0.05, 0.1) is 5.56 Å². The van der Waals surface area contributed by atoms with E-state index in [-0.39, 0.29) is 0 Å². The Labute approximate surface area is 119 Å². The minimum absolute atomic E-state index is 0.444. The van der Waals surface area contributed by atoms with E-state index in [1.54, 1.807) is 0 Å². The number of nitrogens with zero attached hydrogens (tertiary/aromatic N) is 2. The van der Waals surface area contributed by atoms with Crippen LogP contribution in [0.5, 0.6) is 17.5 Å². The molecule has 1 aromatic heterocycles. The molecule has 0 radical (unpaired) electrons. The molecule has 0 aliphatic rings. The number of halogens is 6. The molecule has 0 amide bonds. The number of aromatic hydroxyl groups is 1. The maximum absolute atomic E-state index is 12.6. The molecule has 1 N–H and O–H groups in total. The van der Waals surface area contributed by atoms with Crippen LogP contribution in [-0.4, -0.2) is 15.1 Å². The summed E-state index contributed by atoms with van der Waals surface area (Å²) in [6, 6.07) is 1.52. The molecule has 0 aliphatic heterocycles. The van der Waals surface area contributed by atoms with Crippen LogP contribution in [0.4, 0.5) is 26.3 Å². The van der Waals surface area contributed by atoms with Crippen LogP contribution in [0, 0.1) is 0 Å². The second-order valence-electron chi connectivity index (χ2n) is 4.04. The molecular weight excluding hydrogens is 318 g/mol. The number of hydrogen-bond acceptors (Lipinski definition) is 4. The van der Waals surface area contributed by atoms with Gasteiger partial charge in [-0.3, -0.25) is 0 Å². The van der Waals surface area contributed by atoms with Crippen molar-refractivity contribution in [2.75, 3.05) is 0 Å². The third-order valence-corrected chi connectivity index (χ3v) is 2.35. The highest BCUT2D eigenvalue weighted by molar-refractivity contribution is 5.39. The fourth-order valence-electron chi connectivity index (χ4n) is 1.46. The van der Waals surface area contributed by atoms with Gasteiger partial charge in [0.25, 0.3) is 0 Å². The minimum Gasteiger partial charge on any atom is -0.508 e. The van der Waals surface area contributed by atoms with E-state index in [1.807, 2.05) is 0 Å². The normalized spacial score (nSPS) is 12.3. The zero-order valence-electron chi connectivity index (χ0n) is 10.4. The molecule has 0 unspecified atom stereocenters. The number of ether oxygens (including phenoxy) is 1. The Hall–Kier alpha value is -2.52. The van der Waals surface area contributed by atoms with Gasteiger partial charge in [-0.05, 0) is 18.2 Å². The quantitative estimate of drug-likeness (QED) is 0.848. The third kappa shape index (κ3) is 3.77. The van der Waals surface area contributed by atoms with Crippen molar-refractivity contribution < 1.29 is 36.2 Å². The predicted octanol–water partition coefficient (Wildman–Crippen LogP) is 4.01. The number of alkyl halides is 6. The fourth-order valence-corrected chi connectivity index (χ4v) is 1.46. The number of benzene rings is 1. The highest BCUT2D eigenvalue weighted by atomic mass is 19.4. The Bertz CT molecular complexity index is 684. The van der Waals surface area contributed by atoms with E-state index in [0.717, 1.165) is 12.3 Å². The van der Waals surface area contributed by atoms with E-state index in [9.17, 15) is 31.4 Å². The SMILES string of the molecule is Oc1cc(Oc2nccc(C(F)(F)F)n2)cc(C(F)(F)F)c1. The van der Waals surface area contributed by atoms with Crippen molar-refractivity contribution in [3.8, 4) is 17.5 Å². The molecule has 0 saturated heterocycles. The van der Waals surface area contributed by atoms with Crippen LogP contribution >= 0.6 is 0 Å². The lowest BCUT2D eigenvalue weighted by Gasteiger charge is -2.11. The average molecular weight is 324 g/mol. The predicted molar refractivity (Wildman–Crippen MR) is 60.2 cm³/mol. The molecule has 1 heterocycles. The highest BCUT2D eigenvalue weighted by Gasteiger charge is 2.33. The molecule has 0 saturated carbocycles. The maximum atomic E-state index is 12.6. The van der Waals surface area contributed by atoms with E-state index in [0.29, 0.717) is 18.2 Å². The topological polar surface area (TPSA) is 55.2 Å². The van der Waals surface area contributed by atoms with Gasteiger partial charge in [-0.1, -0.05) is 0 Å². The Morgan fingerprint density at radius 3 is 2.23 bits per heavy atom. The summed E-state index contributed by atoms with van der Waals surface area (Å²) in [7, 11) is 0. The second kappa shape index (κ2) is 5.35. The first-order valence-electron chi connectivity index (χ1n) is 5.55. The van der Waals surface area contributed by atoms with Gasteiger partial charge in [-0.15, -0.1) is 0 Å². The molecule has 2 rings (SSSR count). The van der Waals surface area contributed by atoms with Crippen molar-refractivity contribution in [2.45, 2.75) is 12.4 Å². The van der Waals surface area contributed by atoms with Crippen LogP contribution in [0.2, 0.25) is 0 Å². The van der Waals surface area contributed by atoms with Gasteiger partial charge in [0.2, 0.25) is 0 Å². The molecule has 10 heteroatoms. The number of phenolic OH excluding ortho intramolecular Hbond substituents is 1. The van der Waals surface area contributed by atoms with Gasteiger partial charge < -0.3 is 9.84 Å². The van der Waals surface area contributed by atoms with Crippen LogP contribution in [0.25, 0.3) is 0 Å². The Balaban J connectivity index is 2.34. The summed E-state index contributed by atoms with van der Waals surface area (Å²) in [4.78, 5) is 6.41. The van der Waals surface area contributed by atoms with E-state index >= 15 is 0 Å². The third-order valence-electron chi connectivity index (χ3n) is 2.35. The lowest BCUT2D eigenvalue weighted by Crippen LogP contribution is -2.09.